The summed E-state index contributed by atoms with van der Waals surface area (Å²) in [5.74, 6) is 1.01. The number of aliphatic hydroxyl groups is 2. The number of nitrogens with zero attached hydrogens (tertiary/aromatic N) is 1. The first-order valence-corrected chi connectivity index (χ1v) is 16.7. The van der Waals surface area contributed by atoms with Gasteiger partial charge >= 0.3 is 0 Å². The lowest BCUT2D eigenvalue weighted by molar-refractivity contribution is -0.0467. The van der Waals surface area contributed by atoms with Crippen molar-refractivity contribution >= 4 is 8.07 Å². The van der Waals surface area contributed by atoms with Gasteiger partial charge in [0.15, 0.2) is 6.29 Å². The minimum absolute atomic E-state index is 0.0552. The Kier molecular flexibility index (Phi) is 5.31. The topological polar surface area (TPSA) is 43.7 Å². The first-order valence-electron chi connectivity index (χ1n) is 13.2. The highest BCUT2D eigenvalue weighted by molar-refractivity contribution is 6.78. The third-order valence-corrected chi connectivity index (χ3v) is 12.0. The molecular formula is C29H37F2NO2Si. The molecule has 2 heterocycles. The van der Waals surface area contributed by atoms with Crippen LogP contribution in [0.1, 0.15) is 20.3 Å². The van der Waals surface area contributed by atoms with E-state index in [4.69, 9.17) is 0 Å². The summed E-state index contributed by atoms with van der Waals surface area (Å²) in [5.41, 5.74) is 2.95. The third kappa shape index (κ3) is 3.32. The molecule has 6 rings (SSSR count). The third-order valence-electron chi connectivity index (χ3n) is 9.58. The van der Waals surface area contributed by atoms with Crippen molar-refractivity contribution in [3.05, 3.63) is 70.8 Å². The average molecular weight is 498 g/mol. The van der Waals surface area contributed by atoms with Crippen LogP contribution in [0.25, 0.3) is 0 Å². The van der Waals surface area contributed by atoms with Crippen molar-refractivity contribution in [2.45, 2.75) is 70.0 Å². The number of rotatable bonds is 2. The van der Waals surface area contributed by atoms with Crippen LogP contribution in [0.15, 0.2) is 70.8 Å². The van der Waals surface area contributed by atoms with Crippen LogP contribution in [0.2, 0.25) is 25.2 Å². The molecule has 1 saturated heterocycles. The van der Waals surface area contributed by atoms with E-state index in [1.54, 1.807) is 6.08 Å². The van der Waals surface area contributed by atoms with Crippen molar-refractivity contribution in [1.29, 1.82) is 0 Å². The highest BCUT2D eigenvalue weighted by Crippen LogP contribution is 2.58. The van der Waals surface area contributed by atoms with Crippen LogP contribution < -0.4 is 0 Å². The van der Waals surface area contributed by atoms with E-state index < -0.39 is 26.1 Å². The van der Waals surface area contributed by atoms with Gasteiger partial charge in [-0.15, -0.1) is 0 Å². The van der Waals surface area contributed by atoms with Gasteiger partial charge in [-0.3, -0.25) is 0 Å². The molecule has 6 heteroatoms. The Hall–Kier alpha value is -1.76. The number of aliphatic hydroxyl groups excluding tert-OH is 1. The van der Waals surface area contributed by atoms with Crippen molar-refractivity contribution in [1.82, 2.24) is 4.90 Å². The van der Waals surface area contributed by atoms with Gasteiger partial charge in [-0.1, -0.05) is 63.9 Å². The van der Waals surface area contributed by atoms with Crippen molar-refractivity contribution in [2.75, 3.05) is 0 Å². The summed E-state index contributed by atoms with van der Waals surface area (Å²) in [5, 5.41) is 20.0. The molecule has 1 fully saturated rings. The molecule has 0 amide bonds. The first-order chi connectivity index (χ1) is 16.5. The zero-order valence-corrected chi connectivity index (χ0v) is 22.2. The molecule has 10 atom stereocenters. The molecule has 0 radical (unpaired) electrons. The van der Waals surface area contributed by atoms with E-state index in [0.29, 0.717) is 17.4 Å². The molecule has 0 saturated carbocycles. The van der Waals surface area contributed by atoms with Crippen LogP contribution in [-0.4, -0.2) is 47.7 Å². The predicted octanol–water partition coefficient (Wildman–Crippen LogP) is 5.66. The van der Waals surface area contributed by atoms with E-state index >= 15 is 8.78 Å². The zero-order chi connectivity index (χ0) is 25.0. The van der Waals surface area contributed by atoms with E-state index in [1.807, 2.05) is 31.8 Å². The maximum atomic E-state index is 15.8. The molecular weight excluding hydrogens is 460 g/mol. The van der Waals surface area contributed by atoms with Crippen molar-refractivity contribution in [2.24, 2.45) is 35.5 Å². The molecule has 10 unspecified atom stereocenters. The highest BCUT2D eigenvalue weighted by atomic mass is 28.3. The molecule has 6 aliphatic rings. The predicted molar refractivity (Wildman–Crippen MR) is 137 cm³/mol. The van der Waals surface area contributed by atoms with Gasteiger partial charge in [-0.2, -0.15) is 0 Å². The molecule has 0 aromatic heterocycles. The van der Waals surface area contributed by atoms with Crippen LogP contribution in [0.3, 0.4) is 0 Å². The number of allylic oxidation sites excluding steroid dienone is 7. The summed E-state index contributed by atoms with van der Waals surface area (Å²) in [6.07, 6.45) is 12.8. The van der Waals surface area contributed by atoms with E-state index in [1.165, 1.54) is 5.57 Å². The standard InChI is InChI=1S/C29H37F2NO2Si/c1-14-10-15(2)24-20(11-14)27-18-7-6-17-19(12-22(30)28(26(17)31)35(3,4)5)16(18)8-9-32(27)23-13-21(25(23)24)29(33)34/h6-9,11-16,18,23-29,33-34H,10H2,1-5H3. The van der Waals surface area contributed by atoms with Gasteiger partial charge in [0.25, 0.3) is 0 Å². The number of hydrogen-bond donors (Lipinski definition) is 2. The maximum Gasteiger partial charge on any atom is 0.174 e. The van der Waals surface area contributed by atoms with Gasteiger partial charge in [-0.25, -0.2) is 8.78 Å². The smallest absolute Gasteiger partial charge is 0.174 e. The van der Waals surface area contributed by atoms with Crippen LogP contribution in [0, 0.1) is 35.5 Å². The number of fused-ring (bicyclic) bond motifs is 9. The average Bonchev–Trinajstić information content (AvgIpc) is 2.72. The Balaban J connectivity index is 1.43. The van der Waals surface area contributed by atoms with Crippen LogP contribution in [0.4, 0.5) is 8.78 Å². The maximum absolute atomic E-state index is 15.8. The van der Waals surface area contributed by atoms with E-state index in [-0.39, 0.29) is 41.6 Å². The largest absolute Gasteiger partial charge is 0.365 e. The quantitative estimate of drug-likeness (QED) is 0.294. The Morgan fingerprint density at radius 1 is 1.06 bits per heavy atom. The molecule has 0 bridgehead atoms. The minimum atomic E-state index is -2.06. The minimum Gasteiger partial charge on any atom is -0.365 e. The summed E-state index contributed by atoms with van der Waals surface area (Å²) < 4.78 is 31.1. The lowest BCUT2D eigenvalue weighted by Gasteiger charge is -2.62. The second-order valence-electron chi connectivity index (χ2n) is 12.8. The van der Waals surface area contributed by atoms with Crippen LogP contribution in [-0.2, 0) is 0 Å². The molecule has 4 aliphatic carbocycles. The number of alkyl halides is 1. The molecule has 0 aromatic carbocycles. The molecule has 0 spiro atoms. The summed E-state index contributed by atoms with van der Waals surface area (Å²) in [6, 6.07) is 0.240. The van der Waals surface area contributed by atoms with Crippen molar-refractivity contribution in [3.8, 4) is 0 Å². The Morgan fingerprint density at radius 3 is 2.49 bits per heavy atom. The number of hydrogen-bond acceptors (Lipinski definition) is 3. The first kappa shape index (κ1) is 23.6. The van der Waals surface area contributed by atoms with E-state index in [2.05, 4.69) is 43.2 Å². The molecule has 3 nitrogen and oxygen atoms in total. The van der Waals surface area contributed by atoms with Gasteiger partial charge in [-0.05, 0) is 58.7 Å². The van der Waals surface area contributed by atoms with E-state index in [9.17, 15) is 10.2 Å². The number of piperidine rings is 1. The second kappa shape index (κ2) is 7.87. The highest BCUT2D eigenvalue weighted by Gasteiger charge is 2.57. The molecule has 188 valence electrons. The van der Waals surface area contributed by atoms with Crippen LogP contribution >= 0.6 is 0 Å². The molecule has 2 aliphatic heterocycles. The Bertz CT molecular complexity index is 1130. The lowest BCUT2D eigenvalue weighted by atomic mass is 9.54. The van der Waals surface area contributed by atoms with Crippen LogP contribution in [0.5, 0.6) is 0 Å². The monoisotopic (exact) mass is 497 g/mol. The van der Waals surface area contributed by atoms with E-state index in [0.717, 1.165) is 17.6 Å². The fourth-order valence-electron chi connectivity index (χ4n) is 8.23. The normalized spacial score (nSPS) is 43.8. The van der Waals surface area contributed by atoms with Gasteiger partial charge in [0.05, 0.1) is 20.2 Å². The van der Waals surface area contributed by atoms with Gasteiger partial charge in [0, 0.05) is 23.3 Å². The fourth-order valence-corrected chi connectivity index (χ4v) is 10.2. The molecule has 0 aromatic rings. The SMILES string of the molecule is CC1C=C2C(C(C)C1)C1C(C(O)O)=CC1N1C=CC3C4=C(C=CC3C21)C(F)C([Si](C)(C)C)C(F)=C4. The Morgan fingerprint density at radius 2 is 1.80 bits per heavy atom. The summed E-state index contributed by atoms with van der Waals surface area (Å²) >= 11 is 0. The fraction of sp³-hybridized carbons (Fsp3) is 0.586. The molecule has 35 heavy (non-hydrogen) atoms. The van der Waals surface area contributed by atoms with Gasteiger partial charge in [0.1, 0.15) is 12.0 Å². The number of halogens is 2. The Labute approximate surface area is 208 Å². The summed E-state index contributed by atoms with van der Waals surface area (Å²) in [6.45, 7) is 10.7. The molecule has 2 N–H and O–H groups in total. The van der Waals surface area contributed by atoms with Gasteiger partial charge < -0.3 is 15.1 Å². The van der Waals surface area contributed by atoms with Crippen molar-refractivity contribution in [3.63, 3.8) is 0 Å². The lowest BCUT2D eigenvalue weighted by Crippen LogP contribution is -2.63. The summed E-state index contributed by atoms with van der Waals surface area (Å²) in [7, 11) is -2.06. The zero-order valence-electron chi connectivity index (χ0n) is 21.2. The van der Waals surface area contributed by atoms with Gasteiger partial charge in [0.2, 0.25) is 0 Å². The summed E-state index contributed by atoms with van der Waals surface area (Å²) in [4.78, 5) is 2.38. The second-order valence-corrected chi connectivity index (χ2v) is 18.2. The van der Waals surface area contributed by atoms with Crippen molar-refractivity contribution < 1.29 is 19.0 Å².